The first-order valence-electron chi connectivity index (χ1n) is 9.37. The summed E-state index contributed by atoms with van der Waals surface area (Å²) in [5.74, 6) is 11.2. The molecule has 2 aliphatic carbocycles. The van der Waals surface area contributed by atoms with E-state index in [4.69, 9.17) is 15.6 Å². The lowest BCUT2D eigenvalue weighted by atomic mass is 9.72. The number of amides is 1. The largest absolute Gasteiger partial charge is 0.467 e. The highest BCUT2D eigenvalue weighted by Gasteiger charge is 2.46. The van der Waals surface area contributed by atoms with Crippen molar-refractivity contribution in [2.75, 3.05) is 13.7 Å². The molecule has 146 valence electrons. The van der Waals surface area contributed by atoms with Crippen LogP contribution >= 0.6 is 0 Å². The monoisotopic (exact) mass is 380 g/mol. The van der Waals surface area contributed by atoms with E-state index in [-0.39, 0.29) is 18.4 Å². The molecule has 0 saturated heterocycles. The summed E-state index contributed by atoms with van der Waals surface area (Å²) in [5.41, 5.74) is 6.63. The smallest absolute Gasteiger partial charge is 0.330 e. The van der Waals surface area contributed by atoms with Crippen molar-refractivity contribution in [1.29, 1.82) is 0 Å². The first-order chi connectivity index (χ1) is 13.5. The van der Waals surface area contributed by atoms with Crippen molar-refractivity contribution in [1.82, 2.24) is 5.32 Å². The van der Waals surface area contributed by atoms with Gasteiger partial charge in [0, 0.05) is 29.2 Å². The molecule has 0 radical (unpaired) electrons. The first-order valence-corrected chi connectivity index (χ1v) is 9.37. The maximum Gasteiger partial charge on any atom is 0.330 e. The maximum atomic E-state index is 12.5. The van der Waals surface area contributed by atoms with Gasteiger partial charge in [-0.1, -0.05) is 11.8 Å². The molecule has 2 fully saturated rings. The molecule has 1 amide bonds. The van der Waals surface area contributed by atoms with Crippen molar-refractivity contribution in [3.8, 4) is 23.7 Å². The van der Waals surface area contributed by atoms with Crippen molar-refractivity contribution >= 4 is 11.9 Å². The van der Waals surface area contributed by atoms with Gasteiger partial charge in [0.2, 0.25) is 0 Å². The molecular weight excluding hydrogens is 356 g/mol. The van der Waals surface area contributed by atoms with Crippen LogP contribution in [0.4, 0.5) is 0 Å². The molecule has 6 heteroatoms. The van der Waals surface area contributed by atoms with Gasteiger partial charge in [-0.05, 0) is 67.7 Å². The molecule has 0 aliphatic heterocycles. The number of esters is 1. The highest BCUT2D eigenvalue weighted by molar-refractivity contribution is 5.97. The van der Waals surface area contributed by atoms with Crippen LogP contribution in [-0.2, 0) is 9.53 Å². The van der Waals surface area contributed by atoms with Gasteiger partial charge in [-0.3, -0.25) is 4.79 Å². The third-order valence-corrected chi connectivity index (χ3v) is 5.40. The molecule has 4 N–H and O–H groups in total. The fourth-order valence-corrected chi connectivity index (χ4v) is 3.21. The normalized spacial score (nSPS) is 22.2. The Labute approximate surface area is 164 Å². The van der Waals surface area contributed by atoms with Crippen LogP contribution in [0.3, 0.4) is 0 Å². The quantitative estimate of drug-likeness (QED) is 0.519. The molecule has 6 nitrogen and oxygen atoms in total. The Morgan fingerprint density at radius 1 is 1.32 bits per heavy atom. The second-order valence-corrected chi connectivity index (χ2v) is 7.40. The number of nitrogens with two attached hydrogens (primary N) is 1. The van der Waals surface area contributed by atoms with Gasteiger partial charge in [0.05, 0.1) is 7.11 Å². The Bertz CT molecular complexity index is 866. The summed E-state index contributed by atoms with van der Waals surface area (Å²) < 4.78 is 4.80. The van der Waals surface area contributed by atoms with E-state index in [2.05, 4.69) is 29.0 Å². The molecular formula is C22H24N2O4. The fourth-order valence-electron chi connectivity index (χ4n) is 3.21. The Kier molecular flexibility index (Phi) is 6.04. The predicted octanol–water partition coefficient (Wildman–Crippen LogP) is 0.823. The number of aliphatic hydroxyl groups excluding tert-OH is 1. The van der Waals surface area contributed by atoms with Crippen molar-refractivity contribution < 1.29 is 19.4 Å². The summed E-state index contributed by atoms with van der Waals surface area (Å²) in [6, 6.07) is 5.89. The molecule has 3 atom stereocenters. The number of hydrogen-bond donors (Lipinski definition) is 3. The second-order valence-electron chi connectivity index (χ2n) is 7.40. The van der Waals surface area contributed by atoms with Crippen molar-refractivity contribution in [3.05, 3.63) is 35.4 Å². The van der Waals surface area contributed by atoms with Crippen molar-refractivity contribution in [3.63, 3.8) is 0 Å². The van der Waals surface area contributed by atoms with Gasteiger partial charge in [-0.25, -0.2) is 4.79 Å². The van der Waals surface area contributed by atoms with E-state index < -0.39 is 17.6 Å². The van der Waals surface area contributed by atoms with E-state index >= 15 is 0 Å². The summed E-state index contributed by atoms with van der Waals surface area (Å²) >= 11 is 0. The van der Waals surface area contributed by atoms with Crippen LogP contribution < -0.4 is 11.1 Å². The number of rotatable bonds is 5. The van der Waals surface area contributed by atoms with Gasteiger partial charge < -0.3 is 20.9 Å². The molecule has 1 aromatic carbocycles. The van der Waals surface area contributed by atoms with E-state index in [0.717, 1.165) is 18.4 Å². The molecule has 0 aromatic heterocycles. The van der Waals surface area contributed by atoms with Crippen LogP contribution in [0, 0.1) is 35.5 Å². The van der Waals surface area contributed by atoms with Crippen LogP contribution in [0.2, 0.25) is 0 Å². The topological polar surface area (TPSA) is 102 Å². The van der Waals surface area contributed by atoms with Gasteiger partial charge in [-0.2, -0.15) is 0 Å². The average molecular weight is 380 g/mol. The lowest BCUT2D eigenvalue weighted by Crippen LogP contribution is -2.65. The van der Waals surface area contributed by atoms with E-state index in [1.54, 1.807) is 24.3 Å². The minimum Gasteiger partial charge on any atom is -0.467 e. The summed E-state index contributed by atoms with van der Waals surface area (Å²) in [6.45, 7) is 0.179. The lowest BCUT2D eigenvalue weighted by Gasteiger charge is -2.43. The number of aliphatic hydroxyl groups is 1. The minimum atomic E-state index is -0.862. The SMILES string of the molecule is COC(=O)[C@@H](NC(=O)c1ccc(C#CC#CC2C[C@@H]2CO)cc1)C1(N)CCC1. The predicted molar refractivity (Wildman–Crippen MR) is 104 cm³/mol. The van der Waals surface area contributed by atoms with Crippen LogP contribution in [0.15, 0.2) is 24.3 Å². The Hall–Kier alpha value is -2.80. The first kappa shape index (κ1) is 19.9. The second kappa shape index (κ2) is 8.48. The number of carbonyl (C=O) groups excluding carboxylic acids is 2. The molecule has 2 saturated carbocycles. The van der Waals surface area contributed by atoms with Gasteiger partial charge in [0.1, 0.15) is 6.04 Å². The summed E-state index contributed by atoms with van der Waals surface area (Å²) in [4.78, 5) is 24.6. The zero-order valence-electron chi connectivity index (χ0n) is 15.8. The van der Waals surface area contributed by atoms with Gasteiger partial charge in [0.25, 0.3) is 5.91 Å². The Morgan fingerprint density at radius 2 is 2.04 bits per heavy atom. The average Bonchev–Trinajstić information content (AvgIpc) is 3.46. The molecule has 0 heterocycles. The van der Waals surface area contributed by atoms with Gasteiger partial charge in [-0.15, -0.1) is 0 Å². The maximum absolute atomic E-state index is 12.5. The number of ether oxygens (including phenoxy) is 1. The van der Waals surface area contributed by atoms with Gasteiger partial charge in [0.15, 0.2) is 0 Å². The lowest BCUT2D eigenvalue weighted by molar-refractivity contribution is -0.145. The number of nitrogens with one attached hydrogen (secondary N) is 1. The third-order valence-electron chi connectivity index (χ3n) is 5.40. The highest BCUT2D eigenvalue weighted by Crippen LogP contribution is 2.36. The van der Waals surface area contributed by atoms with E-state index in [0.29, 0.717) is 24.3 Å². The zero-order chi connectivity index (χ0) is 20.1. The van der Waals surface area contributed by atoms with Crippen LogP contribution in [0.25, 0.3) is 0 Å². The number of benzene rings is 1. The molecule has 3 rings (SSSR count). The molecule has 0 bridgehead atoms. The molecule has 1 aromatic rings. The van der Waals surface area contributed by atoms with Gasteiger partial charge >= 0.3 is 5.97 Å². The van der Waals surface area contributed by atoms with Crippen LogP contribution in [-0.4, -0.2) is 42.3 Å². The Balaban J connectivity index is 1.61. The zero-order valence-corrected chi connectivity index (χ0v) is 15.8. The Morgan fingerprint density at radius 3 is 2.57 bits per heavy atom. The van der Waals surface area contributed by atoms with E-state index in [9.17, 15) is 9.59 Å². The standard InChI is InChI=1S/C22H24N2O4/c1-28-21(27)19(22(23)11-4-12-22)24-20(26)16-9-7-15(8-10-16)5-2-3-6-17-13-18(17)14-25/h7-10,17-19,25H,4,11-14,23H2,1H3,(H,24,26)/t17?,18-,19-/m1/s1. The van der Waals surface area contributed by atoms with E-state index in [1.165, 1.54) is 7.11 Å². The number of carbonyl (C=O) groups is 2. The fraction of sp³-hybridized carbons (Fsp3) is 0.455. The number of methoxy groups -OCH3 is 1. The highest BCUT2D eigenvalue weighted by atomic mass is 16.5. The van der Waals surface area contributed by atoms with E-state index in [1.807, 2.05) is 0 Å². The molecule has 28 heavy (non-hydrogen) atoms. The summed E-state index contributed by atoms with van der Waals surface area (Å²) in [6.07, 6.45) is 3.20. The van der Waals surface area contributed by atoms with Crippen molar-refractivity contribution in [2.45, 2.75) is 37.3 Å². The molecule has 2 aliphatic rings. The summed E-state index contributed by atoms with van der Waals surface area (Å²) in [5, 5.41) is 11.7. The number of hydrogen-bond acceptors (Lipinski definition) is 5. The molecule has 1 unspecified atom stereocenters. The molecule has 0 spiro atoms. The third kappa shape index (κ3) is 4.54. The van der Waals surface area contributed by atoms with Crippen LogP contribution in [0.5, 0.6) is 0 Å². The van der Waals surface area contributed by atoms with Crippen molar-refractivity contribution in [2.24, 2.45) is 17.6 Å². The minimum absolute atomic E-state index is 0.179. The summed E-state index contributed by atoms with van der Waals surface area (Å²) in [7, 11) is 1.28. The van der Waals surface area contributed by atoms with Crippen LogP contribution in [0.1, 0.15) is 41.6 Å².